The molecule has 36 heavy (non-hydrogen) atoms. The lowest BCUT2D eigenvalue weighted by Gasteiger charge is -2.49. The monoisotopic (exact) mass is 508 g/mol. The fourth-order valence-corrected chi connectivity index (χ4v) is 4.20. The highest BCUT2D eigenvalue weighted by Gasteiger charge is 2.60. The van der Waals surface area contributed by atoms with E-state index in [0.29, 0.717) is 32.0 Å². The third-order valence-corrected chi connectivity index (χ3v) is 6.40. The number of benzene rings is 1. The van der Waals surface area contributed by atoms with Crippen LogP contribution in [0.3, 0.4) is 0 Å². The second kappa shape index (κ2) is 17.2. The van der Waals surface area contributed by atoms with Gasteiger partial charge in [-0.05, 0) is 25.7 Å². The molecule has 0 bridgehead atoms. The molecule has 2 rings (SSSR count). The summed E-state index contributed by atoms with van der Waals surface area (Å²) in [6.45, 7) is 10.5. The maximum Gasteiger partial charge on any atom is 0.261 e. The number of hydrogen-bond donors (Lipinski definition) is 1. The zero-order chi connectivity index (χ0) is 26.2. The minimum Gasteiger partial charge on any atom is -0.379 e. The van der Waals surface area contributed by atoms with Gasteiger partial charge in [-0.15, -0.1) is 0 Å². The van der Waals surface area contributed by atoms with Gasteiger partial charge in [-0.3, -0.25) is 4.79 Å². The summed E-state index contributed by atoms with van der Waals surface area (Å²) in [6.07, 6.45) is 4.38. The van der Waals surface area contributed by atoms with Crippen molar-refractivity contribution in [3.8, 4) is 0 Å². The van der Waals surface area contributed by atoms with Gasteiger partial charge in [0, 0.05) is 32.0 Å². The van der Waals surface area contributed by atoms with Gasteiger partial charge in [0.2, 0.25) is 5.78 Å². The van der Waals surface area contributed by atoms with Gasteiger partial charge < -0.3 is 28.8 Å². The molecule has 5 atom stereocenters. The van der Waals surface area contributed by atoms with Crippen molar-refractivity contribution in [1.29, 1.82) is 0 Å². The lowest BCUT2D eigenvalue weighted by atomic mass is 9.87. The molecule has 206 valence electrons. The fourth-order valence-electron chi connectivity index (χ4n) is 4.20. The highest BCUT2D eigenvalue weighted by molar-refractivity contribution is 6.02. The maximum absolute atomic E-state index is 13.7. The average molecular weight is 509 g/mol. The van der Waals surface area contributed by atoms with Crippen LogP contribution in [0.25, 0.3) is 0 Å². The molecule has 0 amide bonds. The Kier molecular flexibility index (Phi) is 14.8. The Labute approximate surface area is 217 Å². The normalized spacial score (nSPS) is 26.2. The maximum atomic E-state index is 13.7. The molecule has 1 aliphatic heterocycles. The average Bonchev–Trinajstić information content (AvgIpc) is 2.89. The summed E-state index contributed by atoms with van der Waals surface area (Å²) >= 11 is 0. The van der Waals surface area contributed by atoms with Gasteiger partial charge in [0.15, 0.2) is 0 Å². The van der Waals surface area contributed by atoms with Gasteiger partial charge >= 0.3 is 0 Å². The van der Waals surface area contributed by atoms with Crippen LogP contribution in [0.15, 0.2) is 30.3 Å². The molecule has 1 saturated heterocycles. The fraction of sp³-hybridized carbons (Fsp3) is 0.759. The highest BCUT2D eigenvalue weighted by Crippen LogP contribution is 2.37. The lowest BCUT2D eigenvalue weighted by Crippen LogP contribution is -2.70. The van der Waals surface area contributed by atoms with Crippen LogP contribution >= 0.6 is 0 Å². The van der Waals surface area contributed by atoms with E-state index in [9.17, 15) is 9.90 Å². The van der Waals surface area contributed by atoms with E-state index in [-0.39, 0.29) is 6.61 Å². The van der Waals surface area contributed by atoms with E-state index < -0.39 is 36.0 Å². The van der Waals surface area contributed by atoms with Crippen LogP contribution in [-0.2, 0) is 23.7 Å². The van der Waals surface area contributed by atoms with Crippen molar-refractivity contribution in [1.82, 2.24) is 0 Å². The molecule has 1 aromatic carbocycles. The van der Waals surface area contributed by atoms with Crippen molar-refractivity contribution in [2.24, 2.45) is 0 Å². The summed E-state index contributed by atoms with van der Waals surface area (Å²) in [4.78, 5) is 13.7. The standard InChI is InChI=1S/C29H48O7/c1-5-9-18-32-22-24-25(33-19-10-6-2)26(34-20-11-7-3)28(35-21-12-8-4)29(31,36-24)27(30)23-16-14-13-15-17-23/h13-17,24-26,28,31H,5-12,18-22H2,1-4H3/t24-,25-,26+,28-,29+/m1/s1. The molecule has 1 fully saturated rings. The molecule has 0 aliphatic carbocycles. The highest BCUT2D eigenvalue weighted by atomic mass is 16.7. The summed E-state index contributed by atoms with van der Waals surface area (Å²) in [5, 5.41) is 12.0. The van der Waals surface area contributed by atoms with Crippen molar-refractivity contribution >= 4 is 5.78 Å². The minimum atomic E-state index is -2.23. The first kappa shape index (κ1) is 30.9. The van der Waals surface area contributed by atoms with Crippen LogP contribution < -0.4 is 0 Å². The largest absolute Gasteiger partial charge is 0.379 e. The first-order valence-electron chi connectivity index (χ1n) is 14.0. The van der Waals surface area contributed by atoms with E-state index in [1.54, 1.807) is 24.3 Å². The first-order chi connectivity index (χ1) is 17.5. The topological polar surface area (TPSA) is 83.5 Å². The number of unbranched alkanes of at least 4 members (excludes halogenated alkanes) is 4. The Morgan fingerprint density at radius 3 is 1.92 bits per heavy atom. The minimum absolute atomic E-state index is 0.191. The van der Waals surface area contributed by atoms with E-state index in [1.165, 1.54) is 0 Å². The summed E-state index contributed by atoms with van der Waals surface area (Å²) in [5.41, 5.74) is 0.354. The third-order valence-electron chi connectivity index (χ3n) is 6.40. The Morgan fingerprint density at radius 2 is 1.33 bits per heavy atom. The predicted octanol–water partition coefficient (Wildman–Crippen LogP) is 5.33. The molecule has 7 heteroatoms. The predicted molar refractivity (Wildman–Crippen MR) is 140 cm³/mol. The van der Waals surface area contributed by atoms with E-state index in [2.05, 4.69) is 27.7 Å². The Bertz CT molecular complexity index is 713. The van der Waals surface area contributed by atoms with Crippen LogP contribution in [0, 0.1) is 0 Å². The number of carbonyl (C=O) groups excluding carboxylic acids is 1. The first-order valence-corrected chi connectivity index (χ1v) is 14.0. The molecule has 1 aromatic rings. The molecule has 1 N–H and O–H groups in total. The quantitative estimate of drug-likeness (QED) is 0.200. The molecule has 1 aliphatic rings. The van der Waals surface area contributed by atoms with E-state index >= 15 is 0 Å². The number of ether oxygens (including phenoxy) is 5. The molecule has 7 nitrogen and oxygen atoms in total. The summed E-state index contributed by atoms with van der Waals surface area (Å²) in [5.74, 6) is -2.77. The van der Waals surface area contributed by atoms with E-state index in [4.69, 9.17) is 23.7 Å². The van der Waals surface area contributed by atoms with Gasteiger partial charge in [-0.1, -0.05) is 83.7 Å². The van der Waals surface area contributed by atoms with Crippen LogP contribution in [0.5, 0.6) is 0 Å². The van der Waals surface area contributed by atoms with Crippen molar-refractivity contribution in [2.75, 3.05) is 33.0 Å². The van der Waals surface area contributed by atoms with Gasteiger partial charge in [0.05, 0.1) is 6.61 Å². The van der Waals surface area contributed by atoms with E-state index in [0.717, 1.165) is 51.4 Å². The number of ketones is 1. The zero-order valence-electron chi connectivity index (χ0n) is 22.8. The number of aliphatic hydroxyl groups is 1. The van der Waals surface area contributed by atoms with Gasteiger partial charge in [-0.25, -0.2) is 0 Å². The Hall–Kier alpha value is -1.35. The molecule has 0 spiro atoms. The summed E-state index contributed by atoms with van der Waals surface area (Å²) in [6, 6.07) is 8.72. The molecular weight excluding hydrogens is 460 g/mol. The van der Waals surface area contributed by atoms with Crippen molar-refractivity contribution < 1.29 is 33.6 Å². The number of Topliss-reactive ketones (excluding diaryl/α,β-unsaturated/α-hetero) is 1. The number of carbonyl (C=O) groups is 1. The van der Waals surface area contributed by atoms with Crippen molar-refractivity contribution in [2.45, 2.75) is 109 Å². The van der Waals surface area contributed by atoms with Gasteiger partial charge in [0.25, 0.3) is 5.79 Å². The SMILES string of the molecule is CCCCOC[C@H]1O[C@@](O)(C(=O)c2ccccc2)[C@H](OCCCC)[C@@H](OCCCC)[C@@H]1OCCCC. The molecule has 0 aromatic heterocycles. The number of rotatable bonds is 19. The molecule has 0 radical (unpaired) electrons. The number of hydrogen-bond acceptors (Lipinski definition) is 7. The summed E-state index contributed by atoms with van der Waals surface area (Å²) < 4.78 is 31.0. The van der Waals surface area contributed by atoms with Crippen LogP contribution in [0.2, 0.25) is 0 Å². The Balaban J connectivity index is 2.45. The van der Waals surface area contributed by atoms with Crippen LogP contribution in [0.4, 0.5) is 0 Å². The molecule has 1 heterocycles. The van der Waals surface area contributed by atoms with Gasteiger partial charge in [-0.2, -0.15) is 0 Å². The second-order valence-electron chi connectivity index (χ2n) is 9.50. The van der Waals surface area contributed by atoms with Gasteiger partial charge in [0.1, 0.15) is 24.4 Å². The Morgan fingerprint density at radius 1 is 0.806 bits per heavy atom. The molecule has 0 saturated carbocycles. The molecular formula is C29H48O7. The van der Waals surface area contributed by atoms with E-state index in [1.807, 2.05) is 6.07 Å². The van der Waals surface area contributed by atoms with Crippen molar-refractivity contribution in [3.63, 3.8) is 0 Å². The summed E-state index contributed by atoms with van der Waals surface area (Å²) in [7, 11) is 0. The third kappa shape index (κ3) is 8.89. The zero-order valence-corrected chi connectivity index (χ0v) is 22.8. The lowest BCUT2D eigenvalue weighted by molar-refractivity contribution is -0.343. The van der Waals surface area contributed by atoms with Crippen LogP contribution in [-0.4, -0.2) is 74.1 Å². The smallest absolute Gasteiger partial charge is 0.261 e. The molecule has 0 unspecified atom stereocenters. The van der Waals surface area contributed by atoms with Crippen molar-refractivity contribution in [3.05, 3.63) is 35.9 Å². The van der Waals surface area contributed by atoms with Crippen LogP contribution in [0.1, 0.15) is 89.4 Å². The second-order valence-corrected chi connectivity index (χ2v) is 9.50.